The number of morpholine rings is 3. The van der Waals surface area contributed by atoms with Gasteiger partial charge in [-0.05, 0) is 94.6 Å². The number of phenolic OH excluding ortho intramolecular Hbond substituents is 3. The van der Waals surface area contributed by atoms with Crippen LogP contribution in [0.1, 0.15) is 89.9 Å². The second kappa shape index (κ2) is 38.2. The molecule has 7 N–H and O–H groups in total. The van der Waals surface area contributed by atoms with Gasteiger partial charge < -0.3 is 64.2 Å². The Hall–Kier alpha value is -5.41. The van der Waals surface area contributed by atoms with E-state index in [1.165, 1.54) is 77.4 Å². The molecule has 3 heterocycles. The van der Waals surface area contributed by atoms with E-state index in [0.717, 1.165) is 98.2 Å². The first-order valence-electron chi connectivity index (χ1n) is 25.9. The number of aliphatic hydroxyl groups is 1. The summed E-state index contributed by atoms with van der Waals surface area (Å²) in [6.07, 6.45) is 11.8. The highest BCUT2D eigenvalue weighted by Gasteiger charge is 2.40. The summed E-state index contributed by atoms with van der Waals surface area (Å²) >= 11 is 0. The van der Waals surface area contributed by atoms with Crippen LogP contribution in [0.15, 0.2) is 72.8 Å². The van der Waals surface area contributed by atoms with Gasteiger partial charge in [-0.1, -0.05) is 74.9 Å². The number of carboxylic acid groups (broad SMARTS) is 3. The zero-order valence-corrected chi connectivity index (χ0v) is 42.7. The second-order valence-corrected chi connectivity index (χ2v) is 18.0. The van der Waals surface area contributed by atoms with Gasteiger partial charge in [0, 0.05) is 39.3 Å². The van der Waals surface area contributed by atoms with Crippen molar-refractivity contribution in [3.05, 3.63) is 72.8 Å². The van der Waals surface area contributed by atoms with Gasteiger partial charge in [-0.25, -0.2) is 4.79 Å². The number of unbranched alkanes of at least 4 members (excludes halogenated alkanes) is 9. The van der Waals surface area contributed by atoms with Gasteiger partial charge in [0.25, 0.3) is 0 Å². The third-order valence-electron chi connectivity index (χ3n) is 12.1. The van der Waals surface area contributed by atoms with Crippen LogP contribution in [0.25, 0.3) is 0 Å². The molecule has 3 aliphatic heterocycles. The van der Waals surface area contributed by atoms with Gasteiger partial charge in [-0.3, -0.25) is 24.3 Å². The fourth-order valence-corrected chi connectivity index (χ4v) is 7.85. The lowest BCUT2D eigenvalue weighted by Gasteiger charge is -2.26. The van der Waals surface area contributed by atoms with Crippen LogP contribution in [0.4, 0.5) is 0 Å². The van der Waals surface area contributed by atoms with Crippen LogP contribution in [0.5, 0.6) is 34.5 Å². The summed E-state index contributed by atoms with van der Waals surface area (Å²) in [6.45, 7) is 17.4. The smallest absolute Gasteiger partial charge is 0.336 e. The van der Waals surface area contributed by atoms with Crippen LogP contribution in [-0.4, -0.2) is 192 Å². The number of ether oxygens (including phenoxy) is 6. The number of carboxylic acids is 3. The monoisotopic (exact) mass is 1030 g/mol. The number of phenols is 3. The molecule has 73 heavy (non-hydrogen) atoms. The van der Waals surface area contributed by atoms with Gasteiger partial charge in [0.05, 0.1) is 72.3 Å². The highest BCUT2D eigenvalue weighted by molar-refractivity contribution is 5.88. The first-order valence-corrected chi connectivity index (χ1v) is 25.9. The second-order valence-electron chi connectivity index (χ2n) is 18.0. The molecule has 0 atom stereocenters. The Labute approximate surface area is 431 Å². The topological polar surface area (TPSA) is 258 Å². The Morgan fingerprint density at radius 2 is 0.685 bits per heavy atom. The summed E-state index contributed by atoms with van der Waals surface area (Å²) < 4.78 is 32.7. The minimum absolute atomic E-state index is 0.222. The first kappa shape index (κ1) is 61.9. The molecule has 3 aromatic rings. The van der Waals surface area contributed by atoms with Gasteiger partial charge in [0.15, 0.2) is 40.1 Å². The predicted molar refractivity (Wildman–Crippen MR) is 275 cm³/mol. The van der Waals surface area contributed by atoms with Gasteiger partial charge in [-0.2, -0.15) is 0 Å². The van der Waals surface area contributed by atoms with Crippen LogP contribution in [0.3, 0.4) is 0 Å². The molecule has 19 nitrogen and oxygen atoms in total. The summed E-state index contributed by atoms with van der Waals surface area (Å²) in [6, 6.07) is 21.4. The Balaban J connectivity index is 0.000000260. The Bertz CT molecular complexity index is 1730. The van der Waals surface area contributed by atoms with E-state index >= 15 is 0 Å². The average Bonchev–Trinajstić information content (AvgIpc) is 3.38. The molecule has 0 unspecified atom stereocenters. The minimum Gasteiger partial charge on any atom is -0.504 e. The van der Waals surface area contributed by atoms with Gasteiger partial charge in [-0.15, -0.1) is 0 Å². The van der Waals surface area contributed by atoms with Crippen molar-refractivity contribution in [3.63, 3.8) is 0 Å². The Kier molecular flexibility index (Phi) is 32.4. The summed E-state index contributed by atoms with van der Waals surface area (Å²) in [4.78, 5) is 37.9. The number of aliphatic carboxylic acids is 3. The summed E-state index contributed by atoms with van der Waals surface area (Å²) in [5, 5.41) is 62.5. The molecule has 3 aliphatic rings. The van der Waals surface area contributed by atoms with E-state index in [1.54, 1.807) is 54.6 Å². The van der Waals surface area contributed by atoms with E-state index in [4.69, 9.17) is 48.8 Å². The third-order valence-corrected chi connectivity index (χ3v) is 12.1. The number of benzene rings is 3. The molecule has 6 rings (SSSR count). The molecule has 0 saturated carbocycles. The third kappa shape index (κ3) is 29.2. The molecule has 0 aromatic heterocycles. The molecule has 410 valence electrons. The number of hydrogen-bond acceptors (Lipinski definition) is 16. The van der Waals surface area contributed by atoms with Crippen molar-refractivity contribution < 1.29 is 78.6 Å². The number of rotatable bonds is 29. The van der Waals surface area contributed by atoms with E-state index in [2.05, 4.69) is 14.7 Å². The largest absolute Gasteiger partial charge is 0.504 e. The lowest BCUT2D eigenvalue weighted by Crippen LogP contribution is -2.42. The zero-order chi connectivity index (χ0) is 52.8. The molecule has 0 aliphatic carbocycles. The minimum atomic E-state index is -2.74. The molecule has 3 fully saturated rings. The number of para-hydroxylation sites is 6. The lowest BCUT2D eigenvalue weighted by atomic mass is 9.96. The fraction of sp³-hybridized carbons (Fsp3) is 0.611. The van der Waals surface area contributed by atoms with Crippen LogP contribution in [0, 0.1) is 0 Å². The van der Waals surface area contributed by atoms with E-state index in [9.17, 15) is 29.7 Å². The van der Waals surface area contributed by atoms with E-state index in [0.29, 0.717) is 37.1 Å². The molecule has 3 saturated heterocycles. The van der Waals surface area contributed by atoms with Crippen LogP contribution in [0.2, 0.25) is 0 Å². The van der Waals surface area contributed by atoms with E-state index in [-0.39, 0.29) is 17.2 Å². The van der Waals surface area contributed by atoms with Crippen molar-refractivity contribution in [1.82, 2.24) is 14.7 Å². The maximum absolute atomic E-state index is 10.3. The maximum Gasteiger partial charge on any atom is 0.336 e. The van der Waals surface area contributed by atoms with Crippen molar-refractivity contribution in [2.75, 3.05) is 118 Å². The molecule has 0 radical (unpaired) electrons. The van der Waals surface area contributed by atoms with Crippen LogP contribution < -0.4 is 14.2 Å². The highest BCUT2D eigenvalue weighted by atomic mass is 16.5. The molecule has 0 bridgehead atoms. The Morgan fingerprint density at radius 1 is 0.425 bits per heavy atom. The molecule has 0 spiro atoms. The van der Waals surface area contributed by atoms with Crippen molar-refractivity contribution in [3.8, 4) is 34.5 Å². The number of nitrogens with zero attached hydrogens (tertiary/aromatic N) is 3. The fourth-order valence-electron chi connectivity index (χ4n) is 7.85. The normalized spacial score (nSPS) is 15.2. The quantitative estimate of drug-likeness (QED) is 0.0355. The molecule has 0 amide bonds. The number of aromatic hydroxyl groups is 3. The molecule has 3 aromatic carbocycles. The summed E-state index contributed by atoms with van der Waals surface area (Å²) in [7, 11) is 0. The maximum atomic E-state index is 10.3. The van der Waals surface area contributed by atoms with Crippen molar-refractivity contribution >= 4 is 17.9 Å². The number of carbonyl (C=O) groups is 3. The molecule has 19 heteroatoms. The van der Waals surface area contributed by atoms with Gasteiger partial charge in [0.2, 0.25) is 0 Å². The van der Waals surface area contributed by atoms with Crippen LogP contribution >= 0.6 is 0 Å². The van der Waals surface area contributed by atoms with Gasteiger partial charge >= 0.3 is 17.9 Å². The van der Waals surface area contributed by atoms with Crippen molar-refractivity contribution in [1.29, 1.82) is 0 Å². The lowest BCUT2D eigenvalue weighted by molar-refractivity contribution is -0.170. The first-order chi connectivity index (χ1) is 35.4. The van der Waals surface area contributed by atoms with Gasteiger partial charge in [0.1, 0.15) is 0 Å². The number of hydrogen-bond donors (Lipinski definition) is 7. The predicted octanol–water partition coefficient (Wildman–Crippen LogP) is 6.74. The summed E-state index contributed by atoms with van der Waals surface area (Å²) in [5.74, 6) is -2.60. The van der Waals surface area contributed by atoms with E-state index in [1.807, 2.05) is 18.2 Å². The summed E-state index contributed by atoms with van der Waals surface area (Å²) in [5.41, 5.74) is -2.74. The van der Waals surface area contributed by atoms with Crippen molar-refractivity contribution in [2.45, 2.75) is 95.5 Å². The van der Waals surface area contributed by atoms with Crippen LogP contribution in [-0.2, 0) is 28.6 Å². The molecular weight excluding hydrogens is 947 g/mol. The highest BCUT2D eigenvalue weighted by Crippen LogP contribution is 2.26. The SMILES string of the molecule is O=C(O)CC(O)(CC(=O)O)C(=O)O.Oc1ccccc1OCCCCCCN1CCOCC1.Oc1ccccc1OCCCCCCN1CCOCC1.Oc1ccccc1OCCCCCCN1CCOCC1. The average molecular weight is 1030 g/mol. The zero-order valence-electron chi connectivity index (χ0n) is 42.7. The standard InChI is InChI=1S/3C16H25NO3.C6H8O7/c3*18-15-7-3-4-8-16(15)20-12-6-2-1-5-9-17-10-13-19-14-11-17;7-3(8)1-6(13,5(11)12)2-4(9)10/h3*3-4,7-8,18H,1-2,5-6,9-14H2;13H,1-2H2,(H,7,8)(H,9,10)(H,11,12). The Morgan fingerprint density at radius 3 is 0.932 bits per heavy atom. The van der Waals surface area contributed by atoms with E-state index < -0.39 is 36.4 Å². The van der Waals surface area contributed by atoms with Crippen molar-refractivity contribution in [2.24, 2.45) is 0 Å². The molecular formula is C54H83N3O16.